The molecule has 2 N–H and O–H groups in total. The first-order chi connectivity index (χ1) is 17.6. The van der Waals surface area contributed by atoms with Crippen LogP contribution >= 0.6 is 22.9 Å². The van der Waals surface area contributed by atoms with Gasteiger partial charge in [-0.15, -0.1) is 11.3 Å². The van der Waals surface area contributed by atoms with Crippen LogP contribution < -0.4 is 15.5 Å². The first-order valence-corrected chi connectivity index (χ1v) is 12.5. The van der Waals surface area contributed by atoms with Gasteiger partial charge in [0.1, 0.15) is 12.6 Å². The van der Waals surface area contributed by atoms with Gasteiger partial charge in [0.15, 0.2) is 0 Å². The molecule has 3 rings (SSSR count). The maximum absolute atomic E-state index is 13.9. The number of rotatable bonds is 11. The summed E-state index contributed by atoms with van der Waals surface area (Å²) in [6.07, 6.45) is -5.78. The van der Waals surface area contributed by atoms with E-state index in [9.17, 15) is 31.9 Å². The van der Waals surface area contributed by atoms with Crippen molar-refractivity contribution in [2.45, 2.75) is 25.8 Å². The van der Waals surface area contributed by atoms with Gasteiger partial charge in [0.2, 0.25) is 5.91 Å². The molecular weight excluding hydrogens is 540 g/mol. The molecule has 14 heteroatoms. The Kier molecular flexibility index (Phi) is 10.3. The van der Waals surface area contributed by atoms with Gasteiger partial charge < -0.3 is 20.3 Å². The van der Waals surface area contributed by atoms with Crippen LogP contribution in [-0.2, 0) is 14.3 Å². The molecule has 1 fully saturated rings. The highest BCUT2D eigenvalue weighted by Crippen LogP contribution is 2.32. The van der Waals surface area contributed by atoms with Gasteiger partial charge in [0, 0.05) is 30.0 Å². The van der Waals surface area contributed by atoms with Crippen LogP contribution in [0.2, 0.25) is 4.34 Å². The van der Waals surface area contributed by atoms with Crippen LogP contribution in [0.25, 0.3) is 0 Å². The molecule has 1 aliphatic heterocycles. The Labute approximate surface area is 219 Å². The molecule has 1 aromatic carbocycles. The number of nitrogens with one attached hydrogen (secondary N) is 2. The van der Waals surface area contributed by atoms with E-state index in [1.807, 2.05) is 0 Å². The first kappa shape index (κ1) is 28.8. The van der Waals surface area contributed by atoms with Crippen LogP contribution in [0, 0.1) is 0 Å². The molecule has 0 spiro atoms. The molecule has 3 amide bonds. The zero-order valence-electron chi connectivity index (χ0n) is 19.7. The summed E-state index contributed by atoms with van der Waals surface area (Å²) in [5.41, 5.74) is -0.565. The Bertz CT molecular complexity index is 1120. The lowest BCUT2D eigenvalue weighted by Gasteiger charge is -2.30. The fraction of sp³-hybridized carbons (Fsp3) is 0.435. The lowest BCUT2D eigenvalue weighted by Crippen LogP contribution is -2.52. The number of thiophene rings is 1. The molecule has 0 saturated carbocycles. The van der Waals surface area contributed by atoms with Gasteiger partial charge in [-0.05, 0) is 36.9 Å². The second-order valence-electron chi connectivity index (χ2n) is 7.97. The van der Waals surface area contributed by atoms with Crippen molar-refractivity contribution in [1.82, 2.24) is 10.2 Å². The number of alkyl halides is 4. The molecule has 0 aliphatic carbocycles. The summed E-state index contributed by atoms with van der Waals surface area (Å²) in [7, 11) is 0. The number of morpholine rings is 1. The summed E-state index contributed by atoms with van der Waals surface area (Å²) in [6.45, 7) is 0.718. The number of carbonyl (C=O) groups is 3. The van der Waals surface area contributed by atoms with E-state index < -0.39 is 48.7 Å². The highest BCUT2D eigenvalue weighted by molar-refractivity contribution is 7.18. The van der Waals surface area contributed by atoms with E-state index in [0.29, 0.717) is 4.34 Å². The predicted molar refractivity (Wildman–Crippen MR) is 132 cm³/mol. The lowest BCUT2D eigenvalue weighted by atomic mass is 10.1. The minimum absolute atomic E-state index is 0.0307. The van der Waals surface area contributed by atoms with Crippen molar-refractivity contribution in [2.75, 3.05) is 49.6 Å². The lowest BCUT2D eigenvalue weighted by molar-refractivity contribution is -0.125. The quantitative estimate of drug-likeness (QED) is 0.402. The summed E-state index contributed by atoms with van der Waals surface area (Å²) in [6, 6.07) is 5.43. The van der Waals surface area contributed by atoms with Gasteiger partial charge in [0.25, 0.3) is 24.7 Å². The molecule has 2 heterocycles. The molecule has 1 saturated heterocycles. The first-order valence-electron chi connectivity index (χ1n) is 11.3. The maximum Gasteiger partial charge on any atom is 0.265 e. The molecule has 202 valence electrons. The normalized spacial score (nSPS) is 14.9. The number of halogens is 5. The van der Waals surface area contributed by atoms with E-state index >= 15 is 0 Å². The molecule has 0 radical (unpaired) electrons. The van der Waals surface area contributed by atoms with Crippen molar-refractivity contribution in [3.05, 3.63) is 45.1 Å². The third-order valence-corrected chi connectivity index (χ3v) is 6.83. The number of anilines is 2. The van der Waals surface area contributed by atoms with E-state index in [1.54, 1.807) is 6.92 Å². The van der Waals surface area contributed by atoms with Crippen LogP contribution in [0.5, 0.6) is 0 Å². The van der Waals surface area contributed by atoms with E-state index in [0.717, 1.165) is 22.3 Å². The van der Waals surface area contributed by atoms with Gasteiger partial charge in [-0.1, -0.05) is 18.5 Å². The van der Waals surface area contributed by atoms with Crippen molar-refractivity contribution in [2.24, 2.45) is 0 Å². The van der Waals surface area contributed by atoms with Crippen molar-refractivity contribution in [1.29, 1.82) is 0 Å². The second-order valence-corrected chi connectivity index (χ2v) is 9.68. The number of hydrogen-bond donors (Lipinski definition) is 2. The van der Waals surface area contributed by atoms with Crippen LogP contribution in [-0.4, -0.2) is 74.5 Å². The number of amides is 3. The SMILES string of the molecule is CCN(CC(F)F)[C@@H](CNC(=O)c1ccc(Cl)s1)C(=O)Nc1ccc(N2CCOCC2=O)cc1C(F)F. The average Bonchev–Trinajstić information content (AvgIpc) is 3.30. The fourth-order valence-electron chi connectivity index (χ4n) is 3.77. The average molecular weight is 565 g/mol. The van der Waals surface area contributed by atoms with E-state index in [1.165, 1.54) is 29.2 Å². The number of ether oxygens (including phenoxy) is 1. The number of hydrogen-bond acceptors (Lipinski definition) is 6. The summed E-state index contributed by atoms with van der Waals surface area (Å²) in [5, 5.41) is 4.91. The molecule has 0 unspecified atom stereocenters. The monoisotopic (exact) mass is 564 g/mol. The van der Waals surface area contributed by atoms with Crippen molar-refractivity contribution < 1.29 is 36.7 Å². The van der Waals surface area contributed by atoms with Gasteiger partial charge >= 0.3 is 0 Å². The van der Waals surface area contributed by atoms with E-state index in [2.05, 4.69) is 10.6 Å². The molecule has 8 nitrogen and oxygen atoms in total. The van der Waals surface area contributed by atoms with E-state index in [4.69, 9.17) is 16.3 Å². The van der Waals surface area contributed by atoms with Gasteiger partial charge in [-0.2, -0.15) is 0 Å². The summed E-state index contributed by atoms with van der Waals surface area (Å²) in [5.74, 6) is -1.81. The molecule has 1 aromatic heterocycles. The van der Waals surface area contributed by atoms with Crippen LogP contribution in [0.3, 0.4) is 0 Å². The van der Waals surface area contributed by atoms with Crippen LogP contribution in [0.4, 0.5) is 28.9 Å². The standard InChI is InChI=1S/C23H25ClF4N4O4S/c1-2-31(11-19(25)26)16(10-29-23(35)17-5-6-18(24)37-17)22(34)30-15-4-3-13(9-14(15)21(27)28)32-7-8-36-12-20(32)33/h3-6,9,16,19,21H,2,7-8,10-12H2,1H3,(H,29,35)(H,30,34)/t16-/m0/s1. The van der Waals surface area contributed by atoms with Crippen LogP contribution in [0.15, 0.2) is 30.3 Å². The predicted octanol–water partition coefficient (Wildman–Crippen LogP) is 4.03. The van der Waals surface area contributed by atoms with Gasteiger partial charge in [-0.3, -0.25) is 19.3 Å². The molecule has 1 atom stereocenters. The maximum atomic E-state index is 13.9. The molecular formula is C23H25ClF4N4O4S. The number of carbonyl (C=O) groups excluding carboxylic acids is 3. The fourth-order valence-corrected chi connectivity index (χ4v) is 4.73. The van der Waals surface area contributed by atoms with Crippen molar-refractivity contribution in [3.8, 4) is 0 Å². The largest absolute Gasteiger partial charge is 0.370 e. The van der Waals surface area contributed by atoms with E-state index in [-0.39, 0.29) is 49.1 Å². The Hall–Kier alpha value is -2.74. The van der Waals surface area contributed by atoms with Crippen molar-refractivity contribution >= 4 is 52.0 Å². The Balaban J connectivity index is 1.82. The third kappa shape index (κ3) is 7.63. The molecule has 1 aliphatic rings. The minimum Gasteiger partial charge on any atom is -0.370 e. The zero-order valence-corrected chi connectivity index (χ0v) is 21.3. The molecule has 0 bridgehead atoms. The van der Waals surface area contributed by atoms with Crippen molar-refractivity contribution in [3.63, 3.8) is 0 Å². The molecule has 37 heavy (non-hydrogen) atoms. The highest BCUT2D eigenvalue weighted by atomic mass is 35.5. The Morgan fingerprint density at radius 2 is 1.97 bits per heavy atom. The number of likely N-dealkylation sites (N-methyl/N-ethyl adjacent to an activating group) is 1. The zero-order chi connectivity index (χ0) is 27.1. The number of benzene rings is 1. The smallest absolute Gasteiger partial charge is 0.265 e. The topological polar surface area (TPSA) is 91.0 Å². The van der Waals surface area contributed by atoms with Crippen LogP contribution in [0.1, 0.15) is 28.6 Å². The third-order valence-electron chi connectivity index (χ3n) is 5.60. The Morgan fingerprint density at radius 3 is 2.57 bits per heavy atom. The molecule has 2 aromatic rings. The summed E-state index contributed by atoms with van der Waals surface area (Å²) < 4.78 is 59.6. The Morgan fingerprint density at radius 1 is 1.22 bits per heavy atom. The van der Waals surface area contributed by atoms with Gasteiger partial charge in [-0.25, -0.2) is 17.6 Å². The summed E-state index contributed by atoms with van der Waals surface area (Å²) >= 11 is 6.84. The second kappa shape index (κ2) is 13.2. The minimum atomic E-state index is -3.00. The number of nitrogens with zero attached hydrogens (tertiary/aromatic N) is 2. The highest BCUT2D eigenvalue weighted by Gasteiger charge is 2.30. The summed E-state index contributed by atoms with van der Waals surface area (Å²) in [4.78, 5) is 40.4. The van der Waals surface area contributed by atoms with Gasteiger partial charge in [0.05, 0.1) is 22.4 Å².